The third-order valence-electron chi connectivity index (χ3n) is 5.92. The van der Waals surface area contributed by atoms with Crippen LogP contribution >= 0.6 is 0 Å². The number of rotatable bonds is 7. The summed E-state index contributed by atoms with van der Waals surface area (Å²) < 4.78 is 31.9. The minimum Gasteiger partial charge on any atom is -0.455 e. The first kappa shape index (κ1) is 23.8. The zero-order chi connectivity index (χ0) is 24.1. The smallest absolute Gasteiger partial charge is 0.309 e. The molecule has 0 aliphatic carbocycles. The molecule has 2 fully saturated rings. The number of nitrogens with one attached hydrogen (secondary N) is 1. The SMILES string of the molecule is O=C(COC(=O)C1CCN(S(=O)(=O)c2cccnc2)CC1)Nc1cccc(N2CCCC2=O)c1. The summed E-state index contributed by atoms with van der Waals surface area (Å²) in [6, 6.07) is 10.0. The first-order valence-corrected chi connectivity index (χ1v) is 12.6. The van der Waals surface area contributed by atoms with Crippen molar-refractivity contribution in [2.75, 3.05) is 36.5 Å². The van der Waals surface area contributed by atoms with Gasteiger partial charge in [0, 0.05) is 49.8 Å². The third-order valence-corrected chi connectivity index (χ3v) is 7.80. The van der Waals surface area contributed by atoms with Crippen molar-refractivity contribution in [3.63, 3.8) is 0 Å². The highest BCUT2D eigenvalue weighted by atomic mass is 32.2. The number of sulfonamides is 1. The average Bonchev–Trinajstić information content (AvgIpc) is 3.29. The Bertz CT molecular complexity index is 1160. The second kappa shape index (κ2) is 10.3. The van der Waals surface area contributed by atoms with Crippen LogP contribution in [0.5, 0.6) is 0 Å². The standard InChI is InChI=1S/C23H26N4O6S/c28-21(25-18-4-1-5-19(14-18)27-11-3-7-22(27)29)16-33-23(30)17-8-12-26(13-9-17)34(31,32)20-6-2-10-24-15-20/h1-2,4-6,10,14-15,17H,3,7-9,11-13,16H2,(H,25,28). The number of hydrogen-bond acceptors (Lipinski definition) is 7. The van der Waals surface area contributed by atoms with E-state index in [9.17, 15) is 22.8 Å². The highest BCUT2D eigenvalue weighted by molar-refractivity contribution is 7.89. The van der Waals surface area contributed by atoms with E-state index < -0.39 is 34.4 Å². The van der Waals surface area contributed by atoms with Crippen LogP contribution in [0, 0.1) is 5.92 Å². The predicted octanol–water partition coefficient (Wildman–Crippen LogP) is 1.79. The van der Waals surface area contributed by atoms with Crippen LogP contribution in [0.25, 0.3) is 0 Å². The molecular weight excluding hydrogens is 460 g/mol. The van der Waals surface area contributed by atoms with Crippen LogP contribution in [0.3, 0.4) is 0 Å². The third kappa shape index (κ3) is 5.42. The molecule has 2 aliphatic heterocycles. The van der Waals surface area contributed by atoms with E-state index in [1.54, 1.807) is 35.2 Å². The van der Waals surface area contributed by atoms with Gasteiger partial charge in [-0.05, 0) is 49.6 Å². The van der Waals surface area contributed by atoms with E-state index in [-0.39, 0.29) is 23.9 Å². The number of carbonyl (C=O) groups is 3. The van der Waals surface area contributed by atoms with Crippen molar-refractivity contribution in [1.29, 1.82) is 0 Å². The highest BCUT2D eigenvalue weighted by Gasteiger charge is 2.33. The molecule has 180 valence electrons. The van der Waals surface area contributed by atoms with Crippen LogP contribution in [0.15, 0.2) is 53.7 Å². The number of benzene rings is 1. The number of amides is 2. The maximum Gasteiger partial charge on any atom is 0.309 e. The molecular formula is C23H26N4O6S. The Morgan fingerprint density at radius 1 is 1.12 bits per heavy atom. The fourth-order valence-corrected chi connectivity index (χ4v) is 5.54. The van der Waals surface area contributed by atoms with Crippen molar-refractivity contribution in [3.05, 3.63) is 48.8 Å². The Balaban J connectivity index is 1.25. The number of aromatic nitrogens is 1. The summed E-state index contributed by atoms with van der Waals surface area (Å²) in [6.07, 6.45) is 4.74. The van der Waals surface area contributed by atoms with E-state index in [0.717, 1.165) is 6.42 Å². The molecule has 4 rings (SSSR count). The second-order valence-corrected chi connectivity index (χ2v) is 10.2. The zero-order valence-corrected chi connectivity index (χ0v) is 19.4. The van der Waals surface area contributed by atoms with Gasteiger partial charge in [0.1, 0.15) is 4.90 Å². The fourth-order valence-electron chi connectivity index (χ4n) is 4.10. The lowest BCUT2D eigenvalue weighted by Crippen LogP contribution is -2.40. The number of piperidine rings is 1. The first-order chi connectivity index (χ1) is 16.3. The van der Waals surface area contributed by atoms with Crippen LogP contribution < -0.4 is 10.2 Å². The topological polar surface area (TPSA) is 126 Å². The zero-order valence-electron chi connectivity index (χ0n) is 18.6. The molecule has 10 nitrogen and oxygen atoms in total. The summed E-state index contributed by atoms with van der Waals surface area (Å²) in [5, 5.41) is 2.68. The molecule has 34 heavy (non-hydrogen) atoms. The first-order valence-electron chi connectivity index (χ1n) is 11.1. The molecule has 2 amide bonds. The largest absolute Gasteiger partial charge is 0.455 e. The predicted molar refractivity (Wildman–Crippen MR) is 123 cm³/mol. The summed E-state index contributed by atoms with van der Waals surface area (Å²) in [5.74, 6) is -1.44. The summed E-state index contributed by atoms with van der Waals surface area (Å²) in [5.41, 5.74) is 1.22. The van der Waals surface area contributed by atoms with Crippen molar-refractivity contribution in [3.8, 4) is 0 Å². The minimum absolute atomic E-state index is 0.0525. The van der Waals surface area contributed by atoms with Crippen molar-refractivity contribution in [2.24, 2.45) is 5.92 Å². The Kier molecular flexibility index (Phi) is 7.23. The summed E-state index contributed by atoms with van der Waals surface area (Å²) >= 11 is 0. The molecule has 0 spiro atoms. The van der Waals surface area contributed by atoms with Gasteiger partial charge in [0.25, 0.3) is 5.91 Å². The summed E-state index contributed by atoms with van der Waals surface area (Å²) in [4.78, 5) is 42.3. The lowest BCUT2D eigenvalue weighted by Gasteiger charge is -2.29. The molecule has 1 aromatic carbocycles. The van der Waals surface area contributed by atoms with Crippen molar-refractivity contribution in [2.45, 2.75) is 30.6 Å². The molecule has 0 unspecified atom stereocenters. The molecule has 0 bridgehead atoms. The molecule has 0 radical (unpaired) electrons. The number of nitrogens with zero attached hydrogens (tertiary/aromatic N) is 3. The van der Waals surface area contributed by atoms with Gasteiger partial charge in [0.2, 0.25) is 15.9 Å². The van der Waals surface area contributed by atoms with Gasteiger partial charge < -0.3 is 15.0 Å². The molecule has 3 heterocycles. The second-order valence-electron chi connectivity index (χ2n) is 8.22. The van der Waals surface area contributed by atoms with Crippen LogP contribution in [0.4, 0.5) is 11.4 Å². The molecule has 0 saturated carbocycles. The number of pyridine rings is 1. The van der Waals surface area contributed by atoms with E-state index in [1.165, 1.54) is 22.8 Å². The van der Waals surface area contributed by atoms with Gasteiger partial charge in [-0.3, -0.25) is 19.4 Å². The normalized spacial score (nSPS) is 17.5. The fraction of sp³-hybridized carbons (Fsp3) is 0.391. The molecule has 11 heteroatoms. The lowest BCUT2D eigenvalue weighted by atomic mass is 9.98. The average molecular weight is 487 g/mol. The Morgan fingerprint density at radius 2 is 1.91 bits per heavy atom. The van der Waals surface area contributed by atoms with E-state index in [1.807, 2.05) is 0 Å². The van der Waals surface area contributed by atoms with Gasteiger partial charge in [-0.25, -0.2) is 8.42 Å². The van der Waals surface area contributed by atoms with Crippen molar-refractivity contribution < 1.29 is 27.5 Å². The van der Waals surface area contributed by atoms with Gasteiger partial charge in [-0.2, -0.15) is 4.31 Å². The number of anilines is 2. The molecule has 2 aromatic rings. The Morgan fingerprint density at radius 3 is 2.59 bits per heavy atom. The summed E-state index contributed by atoms with van der Waals surface area (Å²) in [7, 11) is -3.65. The van der Waals surface area contributed by atoms with Gasteiger partial charge in [0.05, 0.1) is 5.92 Å². The maximum absolute atomic E-state index is 12.7. The molecule has 2 saturated heterocycles. The van der Waals surface area contributed by atoms with Gasteiger partial charge >= 0.3 is 5.97 Å². The molecule has 2 aliphatic rings. The van der Waals surface area contributed by atoms with Crippen LogP contribution in [0.1, 0.15) is 25.7 Å². The van der Waals surface area contributed by atoms with Gasteiger partial charge in [-0.1, -0.05) is 6.07 Å². The maximum atomic E-state index is 12.7. The molecule has 1 N–H and O–H groups in total. The van der Waals surface area contributed by atoms with Crippen LogP contribution in [0.2, 0.25) is 0 Å². The summed E-state index contributed by atoms with van der Waals surface area (Å²) in [6.45, 7) is 0.576. The quantitative estimate of drug-likeness (QED) is 0.591. The Hall–Kier alpha value is -3.31. The monoisotopic (exact) mass is 486 g/mol. The number of carbonyl (C=O) groups excluding carboxylic acids is 3. The molecule has 0 atom stereocenters. The minimum atomic E-state index is -3.65. The van der Waals surface area contributed by atoms with Crippen molar-refractivity contribution in [1.82, 2.24) is 9.29 Å². The van der Waals surface area contributed by atoms with E-state index in [4.69, 9.17) is 4.74 Å². The number of hydrogen-bond donors (Lipinski definition) is 1. The molecule has 1 aromatic heterocycles. The number of esters is 1. The van der Waals surface area contributed by atoms with Crippen LogP contribution in [-0.4, -0.2) is 61.7 Å². The number of ether oxygens (including phenoxy) is 1. The van der Waals surface area contributed by atoms with Gasteiger partial charge in [0.15, 0.2) is 6.61 Å². The Labute approximate surface area is 198 Å². The van der Waals surface area contributed by atoms with Crippen molar-refractivity contribution >= 4 is 39.2 Å². The lowest BCUT2D eigenvalue weighted by molar-refractivity contribution is -0.152. The van der Waals surface area contributed by atoms with E-state index >= 15 is 0 Å². The van der Waals surface area contributed by atoms with E-state index in [2.05, 4.69) is 10.3 Å². The highest BCUT2D eigenvalue weighted by Crippen LogP contribution is 2.25. The van der Waals surface area contributed by atoms with E-state index in [0.29, 0.717) is 37.2 Å². The van der Waals surface area contributed by atoms with Gasteiger partial charge in [-0.15, -0.1) is 0 Å². The van der Waals surface area contributed by atoms with Crippen LogP contribution in [-0.2, 0) is 29.1 Å².